The van der Waals surface area contributed by atoms with Crippen molar-refractivity contribution in [2.75, 3.05) is 5.73 Å². The number of pyridine rings is 1. The van der Waals surface area contributed by atoms with Crippen molar-refractivity contribution in [3.63, 3.8) is 0 Å². The molecule has 0 aliphatic carbocycles. The fraction of sp³-hybridized carbons (Fsp3) is 0.154. The van der Waals surface area contributed by atoms with Crippen LogP contribution in [0.4, 0.5) is 10.1 Å². The van der Waals surface area contributed by atoms with E-state index in [-0.39, 0.29) is 17.1 Å². The van der Waals surface area contributed by atoms with Gasteiger partial charge in [-0.3, -0.25) is 4.79 Å². The van der Waals surface area contributed by atoms with E-state index < -0.39 is 5.82 Å². The van der Waals surface area contributed by atoms with Crippen molar-refractivity contribution < 1.29 is 4.39 Å². The van der Waals surface area contributed by atoms with Gasteiger partial charge in [-0.15, -0.1) is 0 Å². The second-order valence-electron chi connectivity index (χ2n) is 4.13. The van der Waals surface area contributed by atoms with Gasteiger partial charge >= 0.3 is 0 Å². The van der Waals surface area contributed by atoms with Crippen LogP contribution < -0.4 is 11.3 Å². The standard InChI is InChI=1S/C13H12ClFN2O/c1-8-4-13(18)17(7-12(8)16)6-9-2-3-10(14)11(15)5-9/h2-5,7H,6,16H2,1H3. The molecule has 1 aromatic carbocycles. The van der Waals surface area contributed by atoms with Crippen LogP contribution in [0.1, 0.15) is 11.1 Å². The summed E-state index contributed by atoms with van der Waals surface area (Å²) in [6.07, 6.45) is 1.56. The van der Waals surface area contributed by atoms with Crippen molar-refractivity contribution in [1.29, 1.82) is 0 Å². The average Bonchev–Trinajstić information content (AvgIpc) is 2.31. The van der Waals surface area contributed by atoms with Crippen molar-refractivity contribution in [1.82, 2.24) is 4.57 Å². The number of halogens is 2. The van der Waals surface area contributed by atoms with E-state index in [0.29, 0.717) is 11.3 Å². The highest BCUT2D eigenvalue weighted by Crippen LogP contribution is 2.16. The Kier molecular flexibility index (Phi) is 3.39. The van der Waals surface area contributed by atoms with Gasteiger partial charge in [-0.25, -0.2) is 4.39 Å². The summed E-state index contributed by atoms with van der Waals surface area (Å²) in [5, 5.41) is 0.0644. The SMILES string of the molecule is Cc1cc(=O)n(Cc2ccc(Cl)c(F)c2)cc1N. The third-order valence-electron chi connectivity index (χ3n) is 2.71. The number of nitrogens with two attached hydrogens (primary N) is 1. The first-order valence-corrected chi connectivity index (χ1v) is 5.75. The van der Waals surface area contributed by atoms with Crippen LogP contribution in [0.5, 0.6) is 0 Å². The molecule has 0 aliphatic rings. The van der Waals surface area contributed by atoms with Gasteiger partial charge in [0, 0.05) is 12.3 Å². The molecule has 94 valence electrons. The summed E-state index contributed by atoms with van der Waals surface area (Å²) < 4.78 is 14.7. The van der Waals surface area contributed by atoms with Gasteiger partial charge in [-0.2, -0.15) is 0 Å². The summed E-state index contributed by atoms with van der Waals surface area (Å²) in [6.45, 7) is 2.03. The molecule has 0 saturated carbocycles. The van der Waals surface area contributed by atoms with Crippen LogP contribution in [0.2, 0.25) is 5.02 Å². The van der Waals surface area contributed by atoms with E-state index in [1.54, 1.807) is 19.2 Å². The number of benzene rings is 1. The van der Waals surface area contributed by atoms with E-state index >= 15 is 0 Å². The van der Waals surface area contributed by atoms with Crippen LogP contribution in [-0.4, -0.2) is 4.57 Å². The number of nitrogens with zero attached hydrogens (tertiary/aromatic N) is 1. The normalized spacial score (nSPS) is 10.6. The maximum Gasteiger partial charge on any atom is 0.251 e. The fourth-order valence-corrected chi connectivity index (χ4v) is 1.76. The van der Waals surface area contributed by atoms with Crippen molar-refractivity contribution in [2.45, 2.75) is 13.5 Å². The number of aromatic nitrogens is 1. The summed E-state index contributed by atoms with van der Waals surface area (Å²) in [6, 6.07) is 5.91. The van der Waals surface area contributed by atoms with Crippen LogP contribution in [0.15, 0.2) is 35.3 Å². The molecule has 5 heteroatoms. The van der Waals surface area contributed by atoms with Gasteiger partial charge in [0.25, 0.3) is 5.56 Å². The van der Waals surface area contributed by atoms with E-state index in [9.17, 15) is 9.18 Å². The molecular formula is C13H12ClFN2O. The molecule has 0 spiro atoms. The zero-order valence-electron chi connectivity index (χ0n) is 9.78. The van der Waals surface area contributed by atoms with E-state index in [4.69, 9.17) is 17.3 Å². The Morgan fingerprint density at radius 3 is 2.78 bits per heavy atom. The molecule has 18 heavy (non-hydrogen) atoms. The first-order chi connectivity index (χ1) is 8.47. The van der Waals surface area contributed by atoms with Crippen LogP contribution in [0, 0.1) is 12.7 Å². The van der Waals surface area contributed by atoms with Crippen molar-refractivity contribution in [3.05, 3.63) is 62.8 Å². The molecule has 0 fully saturated rings. The summed E-state index contributed by atoms with van der Waals surface area (Å²) in [5.74, 6) is -0.498. The number of hydrogen-bond donors (Lipinski definition) is 1. The topological polar surface area (TPSA) is 48.0 Å². The lowest BCUT2D eigenvalue weighted by atomic mass is 10.2. The fourth-order valence-electron chi connectivity index (χ4n) is 1.64. The molecule has 0 radical (unpaired) electrons. The Morgan fingerprint density at radius 2 is 2.11 bits per heavy atom. The second-order valence-corrected chi connectivity index (χ2v) is 4.53. The average molecular weight is 267 g/mol. The zero-order valence-corrected chi connectivity index (χ0v) is 10.5. The Bertz CT molecular complexity index is 652. The quantitative estimate of drug-likeness (QED) is 0.908. The van der Waals surface area contributed by atoms with Gasteiger partial charge in [0.05, 0.1) is 17.3 Å². The Labute approximate surface area is 109 Å². The van der Waals surface area contributed by atoms with Gasteiger partial charge < -0.3 is 10.3 Å². The largest absolute Gasteiger partial charge is 0.397 e. The summed E-state index contributed by atoms with van der Waals surface area (Å²) >= 11 is 5.60. The van der Waals surface area contributed by atoms with Crippen LogP contribution in [0.3, 0.4) is 0 Å². The molecule has 0 saturated heterocycles. The lowest BCUT2D eigenvalue weighted by Gasteiger charge is -2.08. The number of anilines is 1. The predicted molar refractivity (Wildman–Crippen MR) is 70.4 cm³/mol. The van der Waals surface area contributed by atoms with Crippen molar-refractivity contribution in [2.24, 2.45) is 0 Å². The molecular weight excluding hydrogens is 255 g/mol. The van der Waals surface area contributed by atoms with E-state index in [1.165, 1.54) is 22.8 Å². The lowest BCUT2D eigenvalue weighted by molar-refractivity contribution is 0.623. The number of aryl methyl sites for hydroxylation is 1. The van der Waals surface area contributed by atoms with Crippen molar-refractivity contribution in [3.8, 4) is 0 Å². The third-order valence-corrected chi connectivity index (χ3v) is 3.02. The number of nitrogen functional groups attached to an aromatic ring is 1. The molecule has 2 N–H and O–H groups in total. The van der Waals surface area contributed by atoms with E-state index in [2.05, 4.69) is 0 Å². The van der Waals surface area contributed by atoms with E-state index in [1.807, 2.05) is 0 Å². The molecule has 2 aromatic rings. The Hall–Kier alpha value is -1.81. The van der Waals surface area contributed by atoms with Crippen LogP contribution in [-0.2, 0) is 6.54 Å². The van der Waals surface area contributed by atoms with Crippen LogP contribution >= 0.6 is 11.6 Å². The zero-order chi connectivity index (χ0) is 13.3. The van der Waals surface area contributed by atoms with Crippen LogP contribution in [0.25, 0.3) is 0 Å². The number of rotatable bonds is 2. The predicted octanol–water partition coefficient (Wildman–Crippen LogP) is 2.58. The monoisotopic (exact) mass is 266 g/mol. The molecule has 3 nitrogen and oxygen atoms in total. The second kappa shape index (κ2) is 4.82. The summed E-state index contributed by atoms with van der Waals surface area (Å²) in [4.78, 5) is 11.7. The van der Waals surface area contributed by atoms with Gasteiger partial charge in [0.15, 0.2) is 0 Å². The molecule has 1 aromatic heterocycles. The van der Waals surface area contributed by atoms with E-state index in [0.717, 1.165) is 5.56 Å². The highest BCUT2D eigenvalue weighted by atomic mass is 35.5. The molecule has 0 unspecified atom stereocenters. The minimum atomic E-state index is -0.498. The van der Waals surface area contributed by atoms with Gasteiger partial charge in [0.2, 0.25) is 0 Å². The first kappa shape index (κ1) is 12.6. The third kappa shape index (κ3) is 2.54. The smallest absolute Gasteiger partial charge is 0.251 e. The first-order valence-electron chi connectivity index (χ1n) is 5.38. The minimum absolute atomic E-state index is 0.0644. The highest BCUT2D eigenvalue weighted by molar-refractivity contribution is 6.30. The molecule has 0 amide bonds. The summed E-state index contributed by atoms with van der Waals surface area (Å²) in [5.41, 5.74) is 7.49. The maximum atomic E-state index is 13.3. The Balaban J connectivity index is 2.37. The number of hydrogen-bond acceptors (Lipinski definition) is 2. The maximum absolute atomic E-state index is 13.3. The van der Waals surface area contributed by atoms with Gasteiger partial charge in [-0.1, -0.05) is 17.7 Å². The van der Waals surface area contributed by atoms with Gasteiger partial charge in [-0.05, 0) is 30.2 Å². The van der Waals surface area contributed by atoms with Gasteiger partial charge in [0.1, 0.15) is 5.82 Å². The molecule has 0 aliphatic heterocycles. The molecule has 1 heterocycles. The lowest BCUT2D eigenvalue weighted by Crippen LogP contribution is -2.20. The Morgan fingerprint density at radius 1 is 1.39 bits per heavy atom. The molecule has 2 rings (SSSR count). The van der Waals surface area contributed by atoms with Crippen molar-refractivity contribution >= 4 is 17.3 Å². The highest BCUT2D eigenvalue weighted by Gasteiger charge is 2.04. The molecule has 0 bridgehead atoms. The minimum Gasteiger partial charge on any atom is -0.397 e. The summed E-state index contributed by atoms with van der Waals surface area (Å²) in [7, 11) is 0. The molecule has 0 atom stereocenters.